The van der Waals surface area contributed by atoms with Crippen molar-refractivity contribution in [1.82, 2.24) is 49.1 Å². The van der Waals surface area contributed by atoms with Crippen LogP contribution in [0, 0.1) is 0 Å². The van der Waals surface area contributed by atoms with Gasteiger partial charge in [0.05, 0.1) is 35.6 Å². The van der Waals surface area contributed by atoms with Gasteiger partial charge in [-0.25, -0.2) is 19.3 Å². The molecule has 0 atom stereocenters. The van der Waals surface area contributed by atoms with Crippen LogP contribution < -0.4 is 26.8 Å². The van der Waals surface area contributed by atoms with Crippen molar-refractivity contribution >= 4 is 57.6 Å². The minimum atomic E-state index is -0.706. The second kappa shape index (κ2) is 14.3. The van der Waals surface area contributed by atoms with Gasteiger partial charge in [-0.15, -0.1) is 10.2 Å². The summed E-state index contributed by atoms with van der Waals surface area (Å²) in [6.45, 7) is 0.357. The monoisotopic (exact) mass is 696 g/mol. The topological polar surface area (TPSA) is 271 Å². The van der Waals surface area contributed by atoms with E-state index < -0.39 is 23.6 Å². The van der Waals surface area contributed by atoms with Crippen LogP contribution >= 0.6 is 0 Å². The SMILES string of the molecule is Cn1nncc1C(=O)Nc1nc2cc(C(N)=O)ccc2n1CC=CCn1c(NC(=O)c2cnnn2C)nc2cc(C(N)=O)cc(OCCCO)c21. The van der Waals surface area contributed by atoms with E-state index in [1.54, 1.807) is 47.5 Å². The third-order valence-corrected chi connectivity index (χ3v) is 7.77. The second-order valence-corrected chi connectivity index (χ2v) is 11.2. The number of anilines is 2. The summed E-state index contributed by atoms with van der Waals surface area (Å²) >= 11 is 0. The first-order valence-electron chi connectivity index (χ1n) is 15.4. The summed E-state index contributed by atoms with van der Waals surface area (Å²) in [7, 11) is 3.15. The number of rotatable bonds is 14. The van der Waals surface area contributed by atoms with Crippen molar-refractivity contribution < 1.29 is 29.0 Å². The Morgan fingerprint density at radius 1 is 0.804 bits per heavy atom. The lowest BCUT2D eigenvalue weighted by Gasteiger charge is -2.12. The Balaban J connectivity index is 1.36. The highest BCUT2D eigenvalue weighted by molar-refractivity contribution is 6.04. The zero-order chi connectivity index (χ0) is 36.2. The van der Waals surface area contributed by atoms with Crippen LogP contribution in [-0.2, 0) is 27.2 Å². The van der Waals surface area contributed by atoms with Crippen LogP contribution in [-0.4, -0.2) is 91.0 Å². The standard InChI is InChI=1S/C31H32N14O6/c1-42-22(15-34-40-42)28(49)38-30-36-19-12-17(26(32)47)6-7-21(19)44(30)8-3-4-9-45-25-20(13-18(27(33)48)14-24(25)51-11-5-10-46)37-31(45)39-29(50)23-16-35-41-43(23)2/h3-4,6-7,12-16,46H,5,8-11H2,1-2H3,(H2,32,47)(H2,33,48)(H,36,38,49)(H,37,39,50). The predicted molar refractivity (Wildman–Crippen MR) is 181 cm³/mol. The smallest absolute Gasteiger partial charge is 0.277 e. The van der Waals surface area contributed by atoms with Crippen LogP contribution in [0.3, 0.4) is 0 Å². The number of aliphatic hydroxyl groups is 1. The molecule has 2 aromatic carbocycles. The molecule has 4 amide bonds. The molecule has 262 valence electrons. The number of hydrogen-bond donors (Lipinski definition) is 5. The van der Waals surface area contributed by atoms with Gasteiger partial charge in [-0.3, -0.25) is 29.8 Å². The van der Waals surface area contributed by atoms with Gasteiger partial charge >= 0.3 is 0 Å². The van der Waals surface area contributed by atoms with Crippen LogP contribution in [0.1, 0.15) is 48.1 Å². The molecule has 6 rings (SSSR count). The third kappa shape index (κ3) is 6.96. The van der Waals surface area contributed by atoms with Crippen molar-refractivity contribution in [3.05, 3.63) is 77.4 Å². The first kappa shape index (κ1) is 33.9. The van der Waals surface area contributed by atoms with Gasteiger partial charge in [-0.1, -0.05) is 22.6 Å². The van der Waals surface area contributed by atoms with Crippen LogP contribution in [0.15, 0.2) is 54.9 Å². The fourth-order valence-corrected chi connectivity index (χ4v) is 5.25. The van der Waals surface area contributed by atoms with Crippen LogP contribution in [0.25, 0.3) is 22.1 Å². The highest BCUT2D eigenvalue weighted by Gasteiger charge is 2.22. The molecule has 0 unspecified atom stereocenters. The predicted octanol–water partition coefficient (Wildman–Crippen LogP) is 0.363. The van der Waals surface area contributed by atoms with Gasteiger partial charge in [0, 0.05) is 51.3 Å². The molecule has 0 aliphatic rings. The fraction of sp³-hybridized carbons (Fsp3) is 0.226. The van der Waals surface area contributed by atoms with E-state index in [1.165, 1.54) is 40.0 Å². The molecule has 20 heteroatoms. The van der Waals surface area contributed by atoms with Crippen LogP contribution in [0.5, 0.6) is 5.75 Å². The molecule has 0 saturated carbocycles. The number of imidazole rings is 2. The minimum absolute atomic E-state index is 0.116. The molecule has 0 fully saturated rings. The van der Waals surface area contributed by atoms with Gasteiger partial charge in [-0.2, -0.15) is 0 Å². The minimum Gasteiger partial charge on any atom is -0.491 e. The van der Waals surface area contributed by atoms with Gasteiger partial charge in [0.15, 0.2) is 0 Å². The lowest BCUT2D eigenvalue weighted by Crippen LogP contribution is -2.19. The van der Waals surface area contributed by atoms with E-state index >= 15 is 0 Å². The molecule has 7 N–H and O–H groups in total. The summed E-state index contributed by atoms with van der Waals surface area (Å²) in [6, 6.07) is 7.73. The number of aryl methyl sites for hydroxylation is 2. The zero-order valence-electron chi connectivity index (χ0n) is 27.3. The molecule has 0 aliphatic carbocycles. The number of primary amides is 2. The Kier molecular flexibility index (Phi) is 9.48. The summed E-state index contributed by atoms with van der Waals surface area (Å²) in [5.74, 6) is -1.80. The van der Waals surface area contributed by atoms with E-state index in [4.69, 9.17) is 16.2 Å². The van der Waals surface area contributed by atoms with Crippen molar-refractivity contribution in [3.63, 3.8) is 0 Å². The molecule has 4 aromatic heterocycles. The van der Waals surface area contributed by atoms with E-state index in [-0.39, 0.29) is 66.5 Å². The number of fused-ring (bicyclic) bond motifs is 2. The Hall–Kier alpha value is -6.96. The van der Waals surface area contributed by atoms with Crippen molar-refractivity contribution in [3.8, 4) is 5.75 Å². The summed E-state index contributed by atoms with van der Waals surface area (Å²) in [4.78, 5) is 59.4. The molecule has 4 heterocycles. The number of ether oxygens (including phenoxy) is 1. The summed E-state index contributed by atoms with van der Waals surface area (Å²) < 4.78 is 12.0. The molecule has 51 heavy (non-hydrogen) atoms. The van der Waals surface area contributed by atoms with Crippen molar-refractivity contribution in [2.45, 2.75) is 19.5 Å². The molecule has 0 saturated heterocycles. The normalized spacial score (nSPS) is 11.4. The molecule has 20 nitrogen and oxygen atoms in total. The van der Waals surface area contributed by atoms with Crippen molar-refractivity contribution in [1.29, 1.82) is 0 Å². The van der Waals surface area contributed by atoms with Gasteiger partial charge in [0.25, 0.3) is 11.8 Å². The average Bonchev–Trinajstić information content (AvgIpc) is 3.88. The number of carbonyl (C=O) groups is 4. The van der Waals surface area contributed by atoms with E-state index in [1.807, 2.05) is 0 Å². The van der Waals surface area contributed by atoms with Gasteiger partial charge < -0.3 is 30.4 Å². The van der Waals surface area contributed by atoms with Crippen LogP contribution in [0.4, 0.5) is 11.9 Å². The van der Waals surface area contributed by atoms with E-state index in [0.29, 0.717) is 28.5 Å². The van der Waals surface area contributed by atoms with Crippen molar-refractivity contribution in [2.75, 3.05) is 23.8 Å². The Morgan fingerprint density at radius 3 is 1.94 bits per heavy atom. The third-order valence-electron chi connectivity index (χ3n) is 7.77. The highest BCUT2D eigenvalue weighted by Crippen LogP contribution is 2.31. The second-order valence-electron chi connectivity index (χ2n) is 11.2. The van der Waals surface area contributed by atoms with E-state index in [2.05, 4.69) is 41.2 Å². The van der Waals surface area contributed by atoms with E-state index in [9.17, 15) is 24.3 Å². The maximum atomic E-state index is 13.2. The number of nitrogens with one attached hydrogen (secondary N) is 2. The molecule has 0 spiro atoms. The molecular formula is C31H32N14O6. The Bertz CT molecular complexity index is 2330. The molecule has 6 aromatic rings. The average molecular weight is 697 g/mol. The largest absolute Gasteiger partial charge is 0.491 e. The van der Waals surface area contributed by atoms with Gasteiger partial charge in [-0.05, 0) is 30.3 Å². The lowest BCUT2D eigenvalue weighted by atomic mass is 10.1. The summed E-state index contributed by atoms with van der Waals surface area (Å²) in [5, 5.41) is 30.0. The quantitative estimate of drug-likeness (QED) is 0.0763. The van der Waals surface area contributed by atoms with Crippen molar-refractivity contribution in [2.24, 2.45) is 25.6 Å². The lowest BCUT2D eigenvalue weighted by molar-refractivity contribution is 0.0992. The number of aliphatic hydroxyl groups excluding tert-OH is 1. The Labute approximate surface area is 287 Å². The molecule has 0 aliphatic heterocycles. The van der Waals surface area contributed by atoms with E-state index in [0.717, 1.165) is 0 Å². The fourth-order valence-electron chi connectivity index (χ4n) is 5.25. The number of carbonyl (C=O) groups excluding carboxylic acids is 4. The molecular weight excluding hydrogens is 664 g/mol. The maximum absolute atomic E-state index is 13.2. The zero-order valence-corrected chi connectivity index (χ0v) is 27.3. The maximum Gasteiger partial charge on any atom is 0.277 e. The number of hydrogen-bond acceptors (Lipinski definition) is 12. The number of nitrogens with zero attached hydrogens (tertiary/aromatic N) is 10. The number of aromatic nitrogens is 10. The number of allylic oxidation sites excluding steroid dienone is 2. The summed E-state index contributed by atoms with van der Waals surface area (Å²) in [5.41, 5.74) is 13.6. The number of benzene rings is 2. The Morgan fingerprint density at radius 2 is 1.37 bits per heavy atom. The first-order valence-corrected chi connectivity index (χ1v) is 15.4. The number of amides is 4. The summed E-state index contributed by atoms with van der Waals surface area (Å²) in [6.07, 6.45) is 6.54. The number of nitrogens with two attached hydrogens (primary N) is 2. The first-order chi connectivity index (χ1) is 24.5. The molecule has 0 bridgehead atoms. The molecule has 0 radical (unpaired) electrons. The van der Waals surface area contributed by atoms with Gasteiger partial charge in [0.1, 0.15) is 22.7 Å². The highest BCUT2D eigenvalue weighted by atomic mass is 16.5. The van der Waals surface area contributed by atoms with Gasteiger partial charge in [0.2, 0.25) is 23.7 Å². The van der Waals surface area contributed by atoms with Crippen LogP contribution in [0.2, 0.25) is 0 Å².